The second-order valence-corrected chi connectivity index (χ2v) is 8.46. The number of oxazole rings is 1. The highest BCUT2D eigenvalue weighted by molar-refractivity contribution is 14.0. The minimum atomic E-state index is 0. The molecule has 0 bridgehead atoms. The average molecular weight is 491 g/mol. The quantitative estimate of drug-likeness (QED) is 0.361. The largest absolute Gasteiger partial charge is 0.444 e. The van der Waals surface area contributed by atoms with E-state index < -0.39 is 0 Å². The first-order valence-electron chi connectivity index (χ1n) is 9.91. The molecule has 2 N–H and O–H groups in total. The molecule has 1 aliphatic rings. The van der Waals surface area contributed by atoms with Crippen LogP contribution in [0.3, 0.4) is 0 Å². The number of rotatable bonds is 6. The molecule has 1 saturated heterocycles. The maximum Gasteiger partial charge on any atom is 0.216 e. The molecular weight excluding hydrogens is 453 g/mol. The Balaban J connectivity index is 0.00000364. The van der Waals surface area contributed by atoms with Gasteiger partial charge in [-0.15, -0.1) is 24.0 Å². The van der Waals surface area contributed by atoms with E-state index in [0.717, 1.165) is 42.3 Å². The van der Waals surface area contributed by atoms with Crippen molar-refractivity contribution in [3.8, 4) is 0 Å². The molecule has 2 heterocycles. The van der Waals surface area contributed by atoms with Crippen molar-refractivity contribution in [3.63, 3.8) is 0 Å². The van der Waals surface area contributed by atoms with Crippen LogP contribution in [-0.4, -0.2) is 47.6 Å². The van der Waals surface area contributed by atoms with Gasteiger partial charge in [-0.1, -0.05) is 13.8 Å². The monoisotopic (exact) mass is 491 g/mol. The molecule has 0 aromatic carbocycles. The summed E-state index contributed by atoms with van der Waals surface area (Å²) in [5.74, 6) is 3.86. The van der Waals surface area contributed by atoms with Crippen molar-refractivity contribution in [3.05, 3.63) is 17.3 Å². The molecular formula is C20H38IN5O. The van der Waals surface area contributed by atoms with Gasteiger partial charge >= 0.3 is 0 Å². The highest BCUT2D eigenvalue weighted by Crippen LogP contribution is 2.26. The highest BCUT2D eigenvalue weighted by atomic mass is 127. The van der Waals surface area contributed by atoms with Crippen LogP contribution in [0.4, 0.5) is 0 Å². The van der Waals surface area contributed by atoms with E-state index in [1.807, 2.05) is 13.8 Å². The Kier molecular flexibility index (Phi) is 9.54. The van der Waals surface area contributed by atoms with Gasteiger partial charge in [0.15, 0.2) is 5.96 Å². The van der Waals surface area contributed by atoms with Crippen molar-refractivity contribution in [2.45, 2.75) is 67.0 Å². The number of aromatic nitrogens is 1. The van der Waals surface area contributed by atoms with E-state index in [4.69, 9.17) is 4.42 Å². The lowest BCUT2D eigenvalue weighted by molar-refractivity contribution is 0.0483. The Labute approximate surface area is 182 Å². The Morgan fingerprint density at radius 3 is 2.37 bits per heavy atom. The molecule has 2 rings (SSSR count). The topological polar surface area (TPSA) is 65.7 Å². The van der Waals surface area contributed by atoms with Crippen LogP contribution in [0.25, 0.3) is 0 Å². The minimum Gasteiger partial charge on any atom is -0.444 e. The summed E-state index contributed by atoms with van der Waals surface area (Å²) in [7, 11) is 0. The number of aliphatic imine (C=N–C) groups is 1. The van der Waals surface area contributed by atoms with Crippen LogP contribution in [0.1, 0.15) is 58.4 Å². The molecule has 27 heavy (non-hydrogen) atoms. The van der Waals surface area contributed by atoms with Gasteiger partial charge in [0.25, 0.3) is 0 Å². The number of nitrogens with zero attached hydrogens (tertiary/aromatic N) is 3. The van der Waals surface area contributed by atoms with Gasteiger partial charge < -0.3 is 15.1 Å². The van der Waals surface area contributed by atoms with Crippen molar-refractivity contribution in [1.82, 2.24) is 20.5 Å². The molecule has 0 saturated carbocycles. The van der Waals surface area contributed by atoms with Gasteiger partial charge in [0.05, 0.1) is 5.69 Å². The smallest absolute Gasteiger partial charge is 0.216 e. The first-order chi connectivity index (χ1) is 12.2. The zero-order valence-corrected chi connectivity index (χ0v) is 20.4. The summed E-state index contributed by atoms with van der Waals surface area (Å²) in [6, 6.07) is 0. The first kappa shape index (κ1) is 24.2. The lowest BCUT2D eigenvalue weighted by Gasteiger charge is -2.45. The summed E-state index contributed by atoms with van der Waals surface area (Å²) in [5.41, 5.74) is 1.01. The molecule has 156 valence electrons. The Morgan fingerprint density at radius 2 is 1.85 bits per heavy atom. The van der Waals surface area contributed by atoms with Crippen molar-refractivity contribution in [1.29, 1.82) is 0 Å². The first-order valence-corrected chi connectivity index (χ1v) is 9.91. The van der Waals surface area contributed by atoms with Crippen LogP contribution < -0.4 is 10.6 Å². The van der Waals surface area contributed by atoms with Gasteiger partial charge in [-0.2, -0.15) is 0 Å². The maximum atomic E-state index is 5.63. The van der Waals surface area contributed by atoms with E-state index in [1.165, 1.54) is 19.5 Å². The average Bonchev–Trinajstić information content (AvgIpc) is 2.87. The van der Waals surface area contributed by atoms with Crippen LogP contribution >= 0.6 is 24.0 Å². The molecule has 0 radical (unpaired) electrons. The second kappa shape index (κ2) is 10.6. The summed E-state index contributed by atoms with van der Waals surface area (Å²) >= 11 is 0. The van der Waals surface area contributed by atoms with Crippen LogP contribution in [-0.2, 0) is 6.54 Å². The van der Waals surface area contributed by atoms with Crippen LogP contribution in [0.15, 0.2) is 9.41 Å². The molecule has 1 aromatic heterocycles. The molecule has 0 spiro atoms. The number of hydrogen-bond acceptors (Lipinski definition) is 4. The Morgan fingerprint density at radius 1 is 1.22 bits per heavy atom. The molecule has 1 aromatic rings. The number of nitrogens with one attached hydrogen (secondary N) is 2. The van der Waals surface area contributed by atoms with Gasteiger partial charge in [-0.25, -0.2) is 9.98 Å². The lowest BCUT2D eigenvalue weighted by Crippen LogP contribution is -2.57. The molecule has 1 fully saturated rings. The van der Waals surface area contributed by atoms with Crippen molar-refractivity contribution in [2.75, 3.05) is 26.2 Å². The maximum absolute atomic E-state index is 5.63. The summed E-state index contributed by atoms with van der Waals surface area (Å²) in [6.07, 6.45) is 1.33. The van der Waals surface area contributed by atoms with Crippen LogP contribution in [0, 0.1) is 25.7 Å². The number of hydrogen-bond donors (Lipinski definition) is 2. The zero-order valence-electron chi connectivity index (χ0n) is 18.1. The second-order valence-electron chi connectivity index (χ2n) is 8.46. The summed E-state index contributed by atoms with van der Waals surface area (Å²) in [6.45, 7) is 19.8. The standard InChI is InChI=1S/C20H37N5O.HI/c1-8-21-19(22-10-18-24-16(4)17(5)26-18)23-13-20(6,7)25-11-14(2)9-15(3)12-25;/h14-15H,8-13H2,1-7H3,(H2,21,22,23);1H. The third-order valence-electron chi connectivity index (χ3n) is 5.20. The van der Waals surface area contributed by atoms with Gasteiger partial charge in [0.2, 0.25) is 5.89 Å². The van der Waals surface area contributed by atoms with Crippen molar-refractivity contribution < 1.29 is 4.42 Å². The predicted molar refractivity (Wildman–Crippen MR) is 123 cm³/mol. The van der Waals surface area contributed by atoms with E-state index >= 15 is 0 Å². The number of likely N-dealkylation sites (tertiary alicyclic amines) is 1. The fourth-order valence-electron chi connectivity index (χ4n) is 3.66. The fourth-order valence-corrected chi connectivity index (χ4v) is 3.66. The summed E-state index contributed by atoms with van der Waals surface area (Å²) in [4.78, 5) is 11.7. The summed E-state index contributed by atoms with van der Waals surface area (Å²) in [5, 5.41) is 6.83. The molecule has 1 aliphatic heterocycles. The van der Waals surface area contributed by atoms with E-state index in [-0.39, 0.29) is 29.5 Å². The SMILES string of the molecule is CCNC(=NCc1nc(C)c(C)o1)NCC(C)(C)N1CC(C)CC(C)C1.I. The van der Waals surface area contributed by atoms with E-state index in [0.29, 0.717) is 12.4 Å². The van der Waals surface area contributed by atoms with Crippen LogP contribution in [0.5, 0.6) is 0 Å². The molecule has 7 heteroatoms. The zero-order chi connectivity index (χ0) is 19.3. The van der Waals surface area contributed by atoms with Gasteiger partial charge in [0.1, 0.15) is 12.3 Å². The van der Waals surface area contributed by atoms with E-state index in [1.54, 1.807) is 0 Å². The molecule has 2 unspecified atom stereocenters. The molecule has 6 nitrogen and oxygen atoms in total. The molecule has 2 atom stereocenters. The molecule has 0 aliphatic carbocycles. The number of piperidine rings is 1. The third kappa shape index (κ3) is 7.25. The summed E-state index contributed by atoms with van der Waals surface area (Å²) < 4.78 is 5.63. The lowest BCUT2D eigenvalue weighted by atomic mass is 9.88. The van der Waals surface area contributed by atoms with Gasteiger partial charge in [-0.05, 0) is 52.9 Å². The Bertz CT molecular complexity index is 584. The normalized spacial score (nSPS) is 21.7. The van der Waals surface area contributed by atoms with E-state index in [2.05, 4.69) is 60.1 Å². The van der Waals surface area contributed by atoms with Gasteiger partial charge in [-0.3, -0.25) is 4.90 Å². The van der Waals surface area contributed by atoms with Crippen molar-refractivity contribution in [2.24, 2.45) is 16.8 Å². The predicted octanol–water partition coefficient (Wildman–Crippen LogP) is 3.72. The van der Waals surface area contributed by atoms with Crippen molar-refractivity contribution >= 4 is 29.9 Å². The number of aryl methyl sites for hydroxylation is 2. The fraction of sp³-hybridized carbons (Fsp3) is 0.800. The van der Waals surface area contributed by atoms with Crippen LogP contribution in [0.2, 0.25) is 0 Å². The highest BCUT2D eigenvalue weighted by Gasteiger charge is 2.32. The molecule has 0 amide bonds. The number of halogens is 1. The minimum absolute atomic E-state index is 0. The Hall–Kier alpha value is -0.830. The number of guanidine groups is 1. The van der Waals surface area contributed by atoms with E-state index in [9.17, 15) is 0 Å². The third-order valence-corrected chi connectivity index (χ3v) is 5.20. The van der Waals surface area contributed by atoms with Gasteiger partial charge in [0, 0.05) is 31.7 Å².